The number of thiocarbonyl (C=S) groups is 1. The van der Waals surface area contributed by atoms with E-state index in [0.717, 1.165) is 6.42 Å². The highest BCUT2D eigenvalue weighted by atomic mass is 79.9. The molecular formula is C13H13BrN2S2. The van der Waals surface area contributed by atoms with Crippen molar-refractivity contribution in [1.82, 2.24) is 0 Å². The lowest BCUT2D eigenvalue weighted by molar-refractivity contribution is -0.597. The van der Waals surface area contributed by atoms with E-state index >= 15 is 0 Å². The molecule has 1 atom stereocenters. The molecule has 0 spiro atoms. The molecule has 0 fully saturated rings. The normalized spacial score (nSPS) is 17.2. The smallest absolute Gasteiger partial charge is 0.245 e. The largest absolute Gasteiger partial charge is 1.00 e. The molecule has 1 aromatic heterocycles. The highest BCUT2D eigenvalue weighted by Crippen LogP contribution is 2.27. The predicted octanol–water partition coefficient (Wildman–Crippen LogP) is -0.263. The van der Waals surface area contributed by atoms with Crippen LogP contribution in [0.3, 0.4) is 0 Å². The van der Waals surface area contributed by atoms with Crippen LogP contribution >= 0.6 is 23.6 Å². The summed E-state index contributed by atoms with van der Waals surface area (Å²) in [6.45, 7) is 2.22. The fourth-order valence-corrected chi connectivity index (χ4v) is 3.58. The molecule has 5 heteroatoms. The Labute approximate surface area is 127 Å². The first kappa shape index (κ1) is 13.6. The van der Waals surface area contributed by atoms with Crippen molar-refractivity contribution in [2.75, 3.05) is 4.90 Å². The van der Waals surface area contributed by atoms with Gasteiger partial charge in [0.15, 0.2) is 6.20 Å². The Morgan fingerprint density at radius 3 is 3.00 bits per heavy atom. The second-order valence-electron chi connectivity index (χ2n) is 4.22. The van der Waals surface area contributed by atoms with Gasteiger partial charge in [0.1, 0.15) is 5.69 Å². The molecule has 1 aliphatic rings. The molecule has 1 unspecified atom stereocenters. The number of rotatable bonds is 1. The zero-order valence-electron chi connectivity index (χ0n) is 9.91. The van der Waals surface area contributed by atoms with Crippen LogP contribution in [-0.2, 0) is 6.42 Å². The number of nitrogens with zero attached hydrogens (tertiary/aromatic N) is 2. The Morgan fingerprint density at radius 2 is 2.22 bits per heavy atom. The molecule has 0 saturated carbocycles. The number of thiazole rings is 1. The van der Waals surface area contributed by atoms with Gasteiger partial charge in [0.05, 0.1) is 17.3 Å². The molecule has 1 aliphatic heterocycles. The van der Waals surface area contributed by atoms with Gasteiger partial charge in [0, 0.05) is 12.1 Å². The van der Waals surface area contributed by atoms with Gasteiger partial charge in [-0.2, -0.15) is 4.57 Å². The Hall–Kier alpha value is -0.780. The fourth-order valence-electron chi connectivity index (χ4n) is 2.31. The lowest BCUT2D eigenvalue weighted by Gasteiger charge is -2.23. The summed E-state index contributed by atoms with van der Waals surface area (Å²) in [5.74, 6) is 0. The second kappa shape index (κ2) is 5.47. The maximum absolute atomic E-state index is 5.17. The lowest BCUT2D eigenvalue weighted by atomic mass is 10.2. The van der Waals surface area contributed by atoms with Crippen LogP contribution in [0.2, 0.25) is 0 Å². The maximum Gasteiger partial charge on any atom is 0.245 e. The Balaban J connectivity index is 0.00000120. The molecule has 0 radical (unpaired) electrons. The average molecular weight is 341 g/mol. The first-order valence-corrected chi connectivity index (χ1v) is 6.97. The summed E-state index contributed by atoms with van der Waals surface area (Å²) in [5, 5.41) is 3.52. The van der Waals surface area contributed by atoms with Crippen molar-refractivity contribution in [2.45, 2.75) is 19.4 Å². The van der Waals surface area contributed by atoms with E-state index in [2.05, 4.69) is 52.2 Å². The van der Waals surface area contributed by atoms with E-state index in [1.54, 1.807) is 16.8 Å². The molecule has 0 bridgehead atoms. The maximum atomic E-state index is 5.17. The van der Waals surface area contributed by atoms with Crippen LogP contribution in [0.25, 0.3) is 5.69 Å². The number of anilines is 1. The molecule has 2 nitrogen and oxygen atoms in total. The zero-order valence-corrected chi connectivity index (χ0v) is 13.1. The van der Waals surface area contributed by atoms with Crippen LogP contribution in [-0.4, -0.2) is 11.5 Å². The summed E-state index contributed by atoms with van der Waals surface area (Å²) in [7, 11) is 0. The van der Waals surface area contributed by atoms with Gasteiger partial charge in [0.2, 0.25) is 10.7 Å². The van der Waals surface area contributed by atoms with E-state index in [0.29, 0.717) is 6.04 Å². The molecule has 2 aromatic rings. The summed E-state index contributed by atoms with van der Waals surface area (Å²) in [6, 6.07) is 8.82. The lowest BCUT2D eigenvalue weighted by Crippen LogP contribution is -3.00. The predicted molar refractivity (Wildman–Crippen MR) is 75.2 cm³/mol. The van der Waals surface area contributed by atoms with Gasteiger partial charge in [0.25, 0.3) is 0 Å². The van der Waals surface area contributed by atoms with Crippen LogP contribution < -0.4 is 26.4 Å². The number of para-hydroxylation sites is 2. The van der Waals surface area contributed by atoms with Crippen molar-refractivity contribution in [1.29, 1.82) is 0 Å². The van der Waals surface area contributed by atoms with E-state index in [1.165, 1.54) is 16.4 Å². The van der Waals surface area contributed by atoms with Crippen molar-refractivity contribution in [3.63, 3.8) is 0 Å². The number of aromatic nitrogens is 1. The van der Waals surface area contributed by atoms with Crippen LogP contribution in [0.15, 0.2) is 35.8 Å². The number of benzene rings is 1. The summed E-state index contributed by atoms with van der Waals surface area (Å²) >= 11 is 6.97. The van der Waals surface area contributed by atoms with E-state index in [-0.39, 0.29) is 17.0 Å². The van der Waals surface area contributed by atoms with E-state index < -0.39 is 0 Å². The van der Waals surface area contributed by atoms with Gasteiger partial charge in [-0.3, -0.25) is 0 Å². The molecular weight excluding hydrogens is 328 g/mol. The van der Waals surface area contributed by atoms with E-state index in [4.69, 9.17) is 12.2 Å². The molecule has 3 rings (SSSR count). The third-order valence-electron chi connectivity index (χ3n) is 3.16. The van der Waals surface area contributed by atoms with Crippen LogP contribution in [0.5, 0.6) is 0 Å². The van der Waals surface area contributed by atoms with E-state index in [9.17, 15) is 0 Å². The Bertz CT molecular complexity index is 568. The summed E-state index contributed by atoms with van der Waals surface area (Å²) in [4.78, 5) is 2.18. The van der Waals surface area contributed by atoms with E-state index in [1.807, 2.05) is 0 Å². The number of hydrogen-bond donors (Lipinski definition) is 0. The number of hydrogen-bond acceptors (Lipinski definition) is 2. The third-order valence-corrected chi connectivity index (χ3v) is 4.28. The Morgan fingerprint density at radius 1 is 1.44 bits per heavy atom. The summed E-state index contributed by atoms with van der Waals surface area (Å²) in [6.07, 6.45) is 3.16. The van der Waals surface area contributed by atoms with Crippen molar-refractivity contribution in [2.24, 2.45) is 0 Å². The highest BCUT2D eigenvalue weighted by Gasteiger charge is 2.30. The average Bonchev–Trinajstić information content (AvgIpc) is 2.75. The number of fused-ring (bicyclic) bond motifs is 3. The summed E-state index contributed by atoms with van der Waals surface area (Å²) < 4.78 is 2.27. The topological polar surface area (TPSA) is 7.12 Å². The van der Waals surface area contributed by atoms with Crippen molar-refractivity contribution in [3.05, 3.63) is 40.8 Å². The van der Waals surface area contributed by atoms with Gasteiger partial charge >= 0.3 is 0 Å². The van der Waals surface area contributed by atoms with Gasteiger partial charge < -0.3 is 21.9 Å². The van der Waals surface area contributed by atoms with Crippen LogP contribution in [0, 0.1) is 0 Å². The standard InChI is InChI=1S/C13H13N2S2.BrH/c1-10-8-13-14(6-7-17-13)11-4-2-3-5-12(11)15(10)9-16;/h2-7,9-10H,8H2,1H3;1H/q+1;/p-1. The van der Waals surface area contributed by atoms with Crippen LogP contribution in [0.4, 0.5) is 5.69 Å². The van der Waals surface area contributed by atoms with Crippen molar-refractivity contribution in [3.8, 4) is 5.69 Å². The minimum atomic E-state index is 0. The van der Waals surface area contributed by atoms with Gasteiger partial charge in [-0.05, 0) is 13.0 Å². The quantitative estimate of drug-likeness (QED) is 0.521. The molecule has 0 amide bonds. The first-order valence-electron chi connectivity index (χ1n) is 5.62. The molecule has 2 heterocycles. The minimum absolute atomic E-state index is 0. The van der Waals surface area contributed by atoms with Crippen molar-refractivity contribution < 1.29 is 21.5 Å². The SMILES string of the molecule is CC1Cc2scc[n+]2-c2ccccc2N1C=S.[Br-]. The second-order valence-corrected chi connectivity index (χ2v) is 5.41. The van der Waals surface area contributed by atoms with Crippen LogP contribution in [0.1, 0.15) is 11.9 Å². The van der Waals surface area contributed by atoms with Gasteiger partial charge in [-0.15, -0.1) is 0 Å². The highest BCUT2D eigenvalue weighted by molar-refractivity contribution is 7.79. The summed E-state index contributed by atoms with van der Waals surface area (Å²) in [5.41, 5.74) is 4.17. The molecule has 0 N–H and O–H groups in total. The first-order chi connectivity index (χ1) is 8.31. The van der Waals surface area contributed by atoms with Gasteiger partial charge in [-0.1, -0.05) is 35.7 Å². The monoisotopic (exact) mass is 340 g/mol. The number of halogens is 1. The Kier molecular flexibility index (Phi) is 4.14. The minimum Gasteiger partial charge on any atom is -1.00 e. The van der Waals surface area contributed by atoms with Gasteiger partial charge in [-0.25, -0.2) is 0 Å². The molecule has 94 valence electrons. The van der Waals surface area contributed by atoms with Crippen molar-refractivity contribution >= 4 is 34.7 Å². The molecule has 18 heavy (non-hydrogen) atoms. The zero-order chi connectivity index (χ0) is 11.8. The molecule has 0 saturated heterocycles. The molecule has 0 aliphatic carbocycles. The molecule has 1 aromatic carbocycles. The third kappa shape index (κ3) is 2.11. The fraction of sp³-hybridized carbons (Fsp3) is 0.231.